The summed E-state index contributed by atoms with van der Waals surface area (Å²) < 4.78 is 27.2. The molecule has 3 aromatic rings. The van der Waals surface area contributed by atoms with Crippen molar-refractivity contribution in [2.45, 2.75) is 52.7 Å². The van der Waals surface area contributed by atoms with Gasteiger partial charge in [0.25, 0.3) is 5.91 Å². The molecule has 2 aromatic carbocycles. The molecule has 2 unspecified atom stereocenters. The number of aliphatic carboxylic acids is 1. The van der Waals surface area contributed by atoms with E-state index in [9.17, 15) is 24.2 Å². The summed E-state index contributed by atoms with van der Waals surface area (Å²) in [6, 6.07) is 13.1. The average molecular weight is 528 g/mol. The monoisotopic (exact) mass is 527 g/mol. The van der Waals surface area contributed by atoms with Crippen LogP contribution in [0.4, 0.5) is 4.39 Å². The zero-order chi connectivity index (χ0) is 28.1. The molecule has 204 valence electrons. The molecular formula is C28H34FN3O6. The summed E-state index contributed by atoms with van der Waals surface area (Å²) in [4.78, 5) is 24.8. The van der Waals surface area contributed by atoms with Crippen LogP contribution in [0.25, 0.3) is 5.69 Å². The van der Waals surface area contributed by atoms with E-state index >= 15 is 0 Å². The highest BCUT2D eigenvalue weighted by atomic mass is 19.1. The minimum atomic E-state index is -1.25. The molecule has 0 aliphatic rings. The fourth-order valence-corrected chi connectivity index (χ4v) is 3.45. The number of benzene rings is 2. The van der Waals surface area contributed by atoms with Crippen molar-refractivity contribution in [3.63, 3.8) is 0 Å². The van der Waals surface area contributed by atoms with Gasteiger partial charge in [-0.15, -0.1) is 0 Å². The Morgan fingerprint density at radius 2 is 1.79 bits per heavy atom. The molecule has 0 bridgehead atoms. The first-order chi connectivity index (χ1) is 17.8. The molecule has 0 fully saturated rings. The van der Waals surface area contributed by atoms with Crippen molar-refractivity contribution in [3.8, 4) is 17.3 Å². The van der Waals surface area contributed by atoms with Crippen molar-refractivity contribution >= 4 is 11.9 Å². The Kier molecular flexibility index (Phi) is 8.78. The van der Waals surface area contributed by atoms with Crippen LogP contribution in [0.5, 0.6) is 11.6 Å². The number of carboxylic acid groups (broad SMARTS) is 1. The van der Waals surface area contributed by atoms with E-state index in [0.717, 1.165) is 4.68 Å². The maximum absolute atomic E-state index is 14.7. The highest BCUT2D eigenvalue weighted by Crippen LogP contribution is 2.31. The van der Waals surface area contributed by atoms with Crippen molar-refractivity contribution in [1.82, 2.24) is 15.1 Å². The molecule has 0 saturated heterocycles. The number of carboxylic acids is 1. The molecular weight excluding hydrogens is 493 g/mol. The Morgan fingerprint density at radius 1 is 1.08 bits per heavy atom. The molecule has 1 aromatic heterocycles. The first kappa shape index (κ1) is 28.6. The first-order valence-corrected chi connectivity index (χ1v) is 12.3. The first-order valence-electron chi connectivity index (χ1n) is 12.3. The summed E-state index contributed by atoms with van der Waals surface area (Å²) in [6.07, 6.45) is -0.382. The number of nitrogens with zero attached hydrogens (tertiary/aromatic N) is 2. The van der Waals surface area contributed by atoms with Crippen LogP contribution in [0, 0.1) is 11.2 Å². The highest BCUT2D eigenvalue weighted by Gasteiger charge is 2.36. The Labute approximate surface area is 221 Å². The zero-order valence-corrected chi connectivity index (χ0v) is 22.2. The molecule has 38 heavy (non-hydrogen) atoms. The van der Waals surface area contributed by atoms with Crippen LogP contribution in [0.1, 0.15) is 63.1 Å². The molecule has 9 nitrogen and oxygen atoms in total. The molecule has 3 rings (SSSR count). The lowest BCUT2D eigenvalue weighted by Crippen LogP contribution is -2.45. The van der Waals surface area contributed by atoms with Crippen LogP contribution in [0.2, 0.25) is 0 Å². The summed E-state index contributed by atoms with van der Waals surface area (Å²) in [5.74, 6) is -1.80. The number of carbonyl (C=O) groups excluding carboxylic acids is 1. The van der Waals surface area contributed by atoms with Crippen molar-refractivity contribution in [2.24, 2.45) is 5.41 Å². The average Bonchev–Trinajstić information content (AvgIpc) is 3.26. The predicted octanol–water partition coefficient (Wildman–Crippen LogP) is 4.53. The van der Waals surface area contributed by atoms with E-state index in [1.54, 1.807) is 37.3 Å². The van der Waals surface area contributed by atoms with Crippen molar-refractivity contribution in [2.75, 3.05) is 13.2 Å². The van der Waals surface area contributed by atoms with Gasteiger partial charge in [-0.1, -0.05) is 45.0 Å². The second-order valence-corrected chi connectivity index (χ2v) is 10.2. The SMILES string of the molecule is CCOc1cccc(C(CC(=O)O)NC(=O)c2cc(OCC(C)(O)C(C)(C)C)n(-c3ccccc3F)n2)c1. The van der Waals surface area contributed by atoms with E-state index in [2.05, 4.69) is 10.4 Å². The standard InChI is InChI=1S/C28H34FN3O6/c1-6-37-19-11-9-10-18(14-19)21(16-25(33)34)30-26(35)22-15-24(38-17-28(5,36)27(2,3)4)32(31-22)23-13-8-7-12-20(23)29/h7-15,21,36H,6,16-17H2,1-5H3,(H,30,35)(H,33,34). The number of aliphatic hydroxyl groups is 1. The fourth-order valence-electron chi connectivity index (χ4n) is 3.45. The molecule has 2 atom stereocenters. The number of carbonyl (C=O) groups is 2. The lowest BCUT2D eigenvalue weighted by Gasteiger charge is -2.36. The van der Waals surface area contributed by atoms with Gasteiger partial charge in [-0.2, -0.15) is 9.78 Å². The van der Waals surface area contributed by atoms with Crippen LogP contribution in [0.3, 0.4) is 0 Å². The lowest BCUT2D eigenvalue weighted by atomic mass is 9.78. The van der Waals surface area contributed by atoms with Gasteiger partial charge in [0.05, 0.1) is 19.1 Å². The van der Waals surface area contributed by atoms with Gasteiger partial charge in [0, 0.05) is 6.07 Å². The Bertz CT molecular complexity index is 1280. The number of aromatic nitrogens is 2. The summed E-state index contributed by atoms with van der Waals surface area (Å²) in [6.45, 7) is 9.29. The van der Waals surface area contributed by atoms with Gasteiger partial charge >= 0.3 is 5.97 Å². The van der Waals surface area contributed by atoms with Crippen molar-refractivity contribution in [3.05, 3.63) is 71.7 Å². The highest BCUT2D eigenvalue weighted by molar-refractivity contribution is 5.93. The molecule has 0 saturated carbocycles. The van der Waals surface area contributed by atoms with Crippen molar-refractivity contribution < 1.29 is 33.7 Å². The van der Waals surface area contributed by atoms with Gasteiger partial charge in [0.15, 0.2) is 5.69 Å². The van der Waals surface area contributed by atoms with Crippen LogP contribution < -0.4 is 14.8 Å². The molecule has 3 N–H and O–H groups in total. The van der Waals surface area contributed by atoms with Crippen LogP contribution >= 0.6 is 0 Å². The molecule has 0 aliphatic carbocycles. The van der Waals surface area contributed by atoms with Gasteiger partial charge in [-0.3, -0.25) is 9.59 Å². The third-order valence-corrected chi connectivity index (χ3v) is 6.36. The Hall–Kier alpha value is -3.92. The summed E-state index contributed by atoms with van der Waals surface area (Å²) >= 11 is 0. The number of rotatable bonds is 11. The minimum Gasteiger partial charge on any atom is -0.494 e. The van der Waals surface area contributed by atoms with Crippen LogP contribution in [-0.4, -0.2) is 50.7 Å². The normalized spacial score (nSPS) is 13.9. The largest absolute Gasteiger partial charge is 0.494 e. The third kappa shape index (κ3) is 6.89. The second kappa shape index (κ2) is 11.6. The molecule has 1 amide bonds. The molecule has 0 aliphatic heterocycles. The predicted molar refractivity (Wildman–Crippen MR) is 139 cm³/mol. The number of hydrogen-bond acceptors (Lipinski definition) is 6. The van der Waals surface area contributed by atoms with E-state index in [0.29, 0.717) is 17.9 Å². The second-order valence-electron chi connectivity index (χ2n) is 10.2. The summed E-state index contributed by atoms with van der Waals surface area (Å²) in [7, 11) is 0. The maximum atomic E-state index is 14.7. The fraction of sp³-hybridized carbons (Fsp3) is 0.393. The van der Waals surface area contributed by atoms with Crippen LogP contribution in [-0.2, 0) is 4.79 Å². The van der Waals surface area contributed by atoms with Gasteiger partial charge in [0.1, 0.15) is 29.5 Å². The van der Waals surface area contributed by atoms with Gasteiger partial charge in [-0.25, -0.2) is 4.39 Å². The number of halogens is 1. The zero-order valence-electron chi connectivity index (χ0n) is 22.2. The lowest BCUT2D eigenvalue weighted by molar-refractivity contribution is -0.137. The van der Waals surface area contributed by atoms with E-state index in [4.69, 9.17) is 9.47 Å². The Balaban J connectivity index is 1.95. The number of ether oxygens (including phenoxy) is 2. The van der Waals surface area contributed by atoms with Crippen LogP contribution in [0.15, 0.2) is 54.6 Å². The topological polar surface area (TPSA) is 123 Å². The number of hydrogen-bond donors (Lipinski definition) is 3. The number of nitrogens with one attached hydrogen (secondary N) is 1. The van der Waals surface area contributed by atoms with Gasteiger partial charge in [-0.05, 0) is 49.1 Å². The molecule has 1 heterocycles. The van der Waals surface area contributed by atoms with Crippen molar-refractivity contribution in [1.29, 1.82) is 0 Å². The maximum Gasteiger partial charge on any atom is 0.305 e. The minimum absolute atomic E-state index is 0.0397. The number of amides is 1. The smallest absolute Gasteiger partial charge is 0.305 e. The van der Waals surface area contributed by atoms with Gasteiger partial charge < -0.3 is 25.0 Å². The number of para-hydroxylation sites is 1. The van der Waals surface area contributed by atoms with E-state index < -0.39 is 34.8 Å². The molecule has 10 heteroatoms. The van der Waals surface area contributed by atoms with E-state index in [1.807, 2.05) is 27.7 Å². The van der Waals surface area contributed by atoms with E-state index in [-0.39, 0.29) is 30.3 Å². The van der Waals surface area contributed by atoms with Gasteiger partial charge in [0.2, 0.25) is 5.88 Å². The third-order valence-electron chi connectivity index (χ3n) is 6.36. The quantitative estimate of drug-likeness (QED) is 0.335. The molecule has 0 radical (unpaired) electrons. The van der Waals surface area contributed by atoms with E-state index in [1.165, 1.54) is 24.3 Å². The molecule has 0 spiro atoms. The summed E-state index contributed by atoms with van der Waals surface area (Å²) in [5, 5.41) is 27.3. The summed E-state index contributed by atoms with van der Waals surface area (Å²) in [5.41, 5.74) is -1.31. The Morgan fingerprint density at radius 3 is 2.42 bits per heavy atom.